The number of hydrogen-bond acceptors (Lipinski definition) is 2. The van der Waals surface area contributed by atoms with Crippen molar-refractivity contribution in [1.82, 2.24) is 0 Å². The molecule has 2 aromatic carbocycles. The number of nitrogen functional groups attached to an aromatic ring is 1. The van der Waals surface area contributed by atoms with Gasteiger partial charge in [0.1, 0.15) is 11.5 Å². The number of hydrogen-bond donors (Lipinski definition) is 1. The van der Waals surface area contributed by atoms with Crippen molar-refractivity contribution in [2.24, 2.45) is 0 Å². The van der Waals surface area contributed by atoms with Crippen molar-refractivity contribution < 1.29 is 4.74 Å². The van der Waals surface area contributed by atoms with Crippen LogP contribution in [0.1, 0.15) is 43.6 Å². The molecule has 3 rings (SSSR count). The smallest absolute Gasteiger partial charge is 0.129 e. The van der Waals surface area contributed by atoms with Crippen LogP contribution >= 0.6 is 0 Å². The molecule has 0 aliphatic heterocycles. The van der Waals surface area contributed by atoms with Crippen molar-refractivity contribution in [3.05, 3.63) is 54.1 Å². The fourth-order valence-corrected chi connectivity index (χ4v) is 2.98. The number of ether oxygens (including phenoxy) is 1. The minimum Gasteiger partial charge on any atom is -0.457 e. The summed E-state index contributed by atoms with van der Waals surface area (Å²) in [4.78, 5) is 0. The first-order chi connectivity index (χ1) is 9.81. The van der Waals surface area contributed by atoms with E-state index in [-0.39, 0.29) is 0 Å². The van der Waals surface area contributed by atoms with Crippen LogP contribution in [0.15, 0.2) is 48.5 Å². The van der Waals surface area contributed by atoms with Gasteiger partial charge in [-0.2, -0.15) is 0 Å². The first-order valence-corrected chi connectivity index (χ1v) is 7.44. The van der Waals surface area contributed by atoms with Crippen molar-refractivity contribution >= 4 is 5.69 Å². The van der Waals surface area contributed by atoms with Crippen molar-refractivity contribution in [2.75, 3.05) is 5.73 Å². The van der Waals surface area contributed by atoms with Crippen LogP contribution in [0.4, 0.5) is 5.69 Å². The normalized spacial score (nSPS) is 16.0. The van der Waals surface area contributed by atoms with Gasteiger partial charge in [0.2, 0.25) is 0 Å². The second-order valence-electron chi connectivity index (χ2n) is 5.58. The molecule has 2 heteroatoms. The van der Waals surface area contributed by atoms with Gasteiger partial charge < -0.3 is 10.5 Å². The molecular weight excluding hydrogens is 246 g/mol. The van der Waals surface area contributed by atoms with Crippen molar-refractivity contribution in [3.8, 4) is 11.5 Å². The standard InChI is InChI=1S/C18H21NO/c19-16-9-5-11-18(13-16)20-17-10-4-8-15(12-17)14-6-2-1-3-7-14/h4-5,8-14H,1-3,6-7,19H2. The lowest BCUT2D eigenvalue weighted by Gasteiger charge is -2.22. The summed E-state index contributed by atoms with van der Waals surface area (Å²) in [7, 11) is 0. The maximum Gasteiger partial charge on any atom is 0.129 e. The van der Waals surface area contributed by atoms with E-state index in [4.69, 9.17) is 10.5 Å². The molecule has 1 aliphatic rings. The van der Waals surface area contributed by atoms with Crippen LogP contribution in [0.5, 0.6) is 11.5 Å². The SMILES string of the molecule is Nc1cccc(Oc2cccc(C3CCCCC3)c2)c1. The highest BCUT2D eigenvalue weighted by molar-refractivity contribution is 5.45. The molecule has 0 radical (unpaired) electrons. The Bertz CT molecular complexity index is 573. The van der Waals surface area contributed by atoms with E-state index in [1.807, 2.05) is 30.3 Å². The molecule has 2 N–H and O–H groups in total. The molecule has 20 heavy (non-hydrogen) atoms. The van der Waals surface area contributed by atoms with Gasteiger partial charge in [-0.25, -0.2) is 0 Å². The van der Waals surface area contributed by atoms with E-state index in [2.05, 4.69) is 18.2 Å². The van der Waals surface area contributed by atoms with E-state index in [0.29, 0.717) is 5.92 Å². The van der Waals surface area contributed by atoms with E-state index in [1.165, 1.54) is 37.7 Å². The van der Waals surface area contributed by atoms with Gasteiger partial charge in [0, 0.05) is 11.8 Å². The van der Waals surface area contributed by atoms with Crippen LogP contribution in [0.3, 0.4) is 0 Å². The molecule has 0 atom stereocenters. The van der Waals surface area contributed by atoms with E-state index < -0.39 is 0 Å². The van der Waals surface area contributed by atoms with E-state index in [1.54, 1.807) is 0 Å². The van der Waals surface area contributed by atoms with Crippen LogP contribution in [-0.2, 0) is 0 Å². The first kappa shape index (κ1) is 13.0. The quantitative estimate of drug-likeness (QED) is 0.784. The average molecular weight is 267 g/mol. The highest BCUT2D eigenvalue weighted by Crippen LogP contribution is 2.34. The van der Waals surface area contributed by atoms with Crippen LogP contribution in [0.25, 0.3) is 0 Å². The lowest BCUT2D eigenvalue weighted by Crippen LogP contribution is -2.04. The summed E-state index contributed by atoms with van der Waals surface area (Å²) in [5.41, 5.74) is 7.92. The molecule has 0 aromatic heterocycles. The molecule has 0 saturated heterocycles. The Morgan fingerprint density at radius 3 is 2.30 bits per heavy atom. The Kier molecular flexibility index (Phi) is 3.91. The topological polar surface area (TPSA) is 35.2 Å². The highest BCUT2D eigenvalue weighted by Gasteiger charge is 2.15. The van der Waals surface area contributed by atoms with Gasteiger partial charge in [0.15, 0.2) is 0 Å². The number of rotatable bonds is 3. The van der Waals surface area contributed by atoms with Gasteiger partial charge in [0.05, 0.1) is 0 Å². The Morgan fingerprint density at radius 1 is 0.850 bits per heavy atom. The summed E-state index contributed by atoms with van der Waals surface area (Å²) in [6, 6.07) is 16.1. The lowest BCUT2D eigenvalue weighted by molar-refractivity contribution is 0.439. The van der Waals surface area contributed by atoms with Gasteiger partial charge >= 0.3 is 0 Å². The summed E-state index contributed by atoms with van der Waals surface area (Å²) in [6.45, 7) is 0. The zero-order valence-corrected chi connectivity index (χ0v) is 11.7. The van der Waals surface area contributed by atoms with Gasteiger partial charge in [-0.15, -0.1) is 0 Å². The Labute approximate surface area is 120 Å². The minimum atomic E-state index is 0.702. The fraction of sp³-hybridized carbons (Fsp3) is 0.333. The first-order valence-electron chi connectivity index (χ1n) is 7.44. The summed E-state index contributed by atoms with van der Waals surface area (Å²) >= 11 is 0. The van der Waals surface area contributed by atoms with Gasteiger partial charge in [-0.3, -0.25) is 0 Å². The number of nitrogens with two attached hydrogens (primary N) is 1. The molecule has 104 valence electrons. The van der Waals surface area contributed by atoms with Crippen LogP contribution < -0.4 is 10.5 Å². The minimum absolute atomic E-state index is 0.702. The molecular formula is C18H21NO. The van der Waals surface area contributed by atoms with E-state index in [0.717, 1.165) is 17.2 Å². The maximum absolute atomic E-state index is 5.91. The molecule has 2 nitrogen and oxygen atoms in total. The molecule has 0 amide bonds. The van der Waals surface area contributed by atoms with Crippen LogP contribution in [-0.4, -0.2) is 0 Å². The van der Waals surface area contributed by atoms with Crippen molar-refractivity contribution in [3.63, 3.8) is 0 Å². The van der Waals surface area contributed by atoms with E-state index in [9.17, 15) is 0 Å². The molecule has 0 heterocycles. The highest BCUT2D eigenvalue weighted by atomic mass is 16.5. The number of anilines is 1. The zero-order chi connectivity index (χ0) is 13.8. The summed E-state index contributed by atoms with van der Waals surface area (Å²) in [6.07, 6.45) is 6.70. The second kappa shape index (κ2) is 6.00. The van der Waals surface area contributed by atoms with Crippen LogP contribution in [0, 0.1) is 0 Å². The van der Waals surface area contributed by atoms with Crippen molar-refractivity contribution in [1.29, 1.82) is 0 Å². The van der Waals surface area contributed by atoms with Crippen LogP contribution in [0.2, 0.25) is 0 Å². The monoisotopic (exact) mass is 267 g/mol. The third kappa shape index (κ3) is 3.13. The molecule has 1 aliphatic carbocycles. The summed E-state index contributed by atoms with van der Waals surface area (Å²) in [5, 5.41) is 0. The maximum atomic E-state index is 5.91. The largest absolute Gasteiger partial charge is 0.457 e. The van der Waals surface area contributed by atoms with Gasteiger partial charge in [-0.1, -0.05) is 37.5 Å². The predicted molar refractivity (Wildman–Crippen MR) is 83.2 cm³/mol. The summed E-state index contributed by atoms with van der Waals surface area (Å²) in [5.74, 6) is 2.40. The molecule has 1 fully saturated rings. The van der Waals surface area contributed by atoms with Gasteiger partial charge in [-0.05, 0) is 48.6 Å². The third-order valence-corrected chi connectivity index (χ3v) is 4.03. The van der Waals surface area contributed by atoms with Gasteiger partial charge in [0.25, 0.3) is 0 Å². The fourth-order valence-electron chi connectivity index (χ4n) is 2.98. The number of benzene rings is 2. The molecule has 0 bridgehead atoms. The van der Waals surface area contributed by atoms with Crippen molar-refractivity contribution in [2.45, 2.75) is 38.0 Å². The Balaban J connectivity index is 1.77. The van der Waals surface area contributed by atoms with E-state index >= 15 is 0 Å². The Morgan fingerprint density at radius 2 is 1.55 bits per heavy atom. The predicted octanol–water partition coefficient (Wildman–Crippen LogP) is 5.11. The third-order valence-electron chi connectivity index (χ3n) is 4.03. The molecule has 0 unspecified atom stereocenters. The second-order valence-corrected chi connectivity index (χ2v) is 5.58. The average Bonchev–Trinajstić information content (AvgIpc) is 2.48. The zero-order valence-electron chi connectivity index (χ0n) is 11.7. The molecule has 2 aromatic rings. The lowest BCUT2D eigenvalue weighted by atomic mass is 9.84. The summed E-state index contributed by atoms with van der Waals surface area (Å²) < 4.78 is 5.91. The molecule has 0 spiro atoms. The Hall–Kier alpha value is -1.96. The molecule has 1 saturated carbocycles.